The van der Waals surface area contributed by atoms with E-state index in [1.807, 2.05) is 54.5 Å². The monoisotopic (exact) mass is 431 g/mol. The molecule has 0 spiro atoms. The predicted molar refractivity (Wildman–Crippen MR) is 121 cm³/mol. The minimum atomic E-state index is -0.363. The number of fused-ring (bicyclic) bond motifs is 1. The number of carbonyl (C=O) groups is 1. The molecule has 1 aromatic carbocycles. The van der Waals surface area contributed by atoms with Crippen molar-refractivity contribution in [2.75, 3.05) is 18.5 Å². The van der Waals surface area contributed by atoms with Gasteiger partial charge in [0.1, 0.15) is 11.9 Å². The van der Waals surface area contributed by atoms with E-state index >= 15 is 0 Å². The highest BCUT2D eigenvalue weighted by Gasteiger charge is 2.32. The van der Waals surface area contributed by atoms with Crippen LogP contribution in [0.25, 0.3) is 11.4 Å². The van der Waals surface area contributed by atoms with Crippen LogP contribution >= 0.6 is 0 Å². The fourth-order valence-corrected chi connectivity index (χ4v) is 4.13. The van der Waals surface area contributed by atoms with E-state index in [1.54, 1.807) is 0 Å². The average Bonchev–Trinajstić information content (AvgIpc) is 3.42. The van der Waals surface area contributed by atoms with Crippen molar-refractivity contribution in [1.29, 1.82) is 0 Å². The second-order valence-corrected chi connectivity index (χ2v) is 8.28. The zero-order chi connectivity index (χ0) is 22.1. The molecule has 0 bridgehead atoms. The molecule has 5 rings (SSSR count). The van der Waals surface area contributed by atoms with Gasteiger partial charge in [-0.1, -0.05) is 35.0 Å². The number of allylic oxidation sites excluding steroid dienone is 3. The third-order valence-electron chi connectivity index (χ3n) is 6.06. The topological polar surface area (TPSA) is 104 Å². The summed E-state index contributed by atoms with van der Waals surface area (Å²) in [5.41, 5.74) is 3.79. The van der Waals surface area contributed by atoms with Gasteiger partial charge in [0.05, 0.1) is 6.54 Å². The Morgan fingerprint density at radius 2 is 2.22 bits per heavy atom. The summed E-state index contributed by atoms with van der Waals surface area (Å²) in [6, 6.07) is 5.40. The first kappa shape index (κ1) is 20.4. The van der Waals surface area contributed by atoms with Gasteiger partial charge in [-0.3, -0.25) is 9.79 Å². The quantitative estimate of drug-likeness (QED) is 0.680. The number of hydrogen-bond acceptors (Lipinski definition) is 7. The first-order chi connectivity index (χ1) is 15.6. The first-order valence-corrected chi connectivity index (χ1v) is 10.8. The summed E-state index contributed by atoms with van der Waals surface area (Å²) in [6.45, 7) is 2.56. The molecular weight excluding hydrogens is 406 g/mol. The van der Waals surface area contributed by atoms with Crippen molar-refractivity contribution in [2.45, 2.75) is 38.1 Å². The van der Waals surface area contributed by atoms with Gasteiger partial charge in [-0.05, 0) is 50.0 Å². The van der Waals surface area contributed by atoms with Crippen molar-refractivity contribution in [1.82, 2.24) is 15.0 Å². The Morgan fingerprint density at radius 1 is 1.34 bits per heavy atom. The summed E-state index contributed by atoms with van der Waals surface area (Å²) in [5.74, 6) is 2.08. The molecule has 1 fully saturated rings. The van der Waals surface area contributed by atoms with Crippen LogP contribution in [0.3, 0.4) is 0 Å². The minimum absolute atomic E-state index is 0.102. The van der Waals surface area contributed by atoms with Crippen molar-refractivity contribution < 1.29 is 14.4 Å². The molecule has 1 atom stereocenters. The Labute approximate surface area is 186 Å². The Morgan fingerprint density at radius 3 is 3.06 bits per heavy atom. The van der Waals surface area contributed by atoms with E-state index in [4.69, 9.17) is 9.63 Å². The van der Waals surface area contributed by atoms with E-state index in [0.29, 0.717) is 24.7 Å². The lowest BCUT2D eigenvalue weighted by Crippen LogP contribution is -2.41. The molecular formula is C24H25N5O3. The molecule has 32 heavy (non-hydrogen) atoms. The van der Waals surface area contributed by atoms with Crippen LogP contribution < -0.4 is 5.32 Å². The van der Waals surface area contributed by atoms with E-state index < -0.39 is 0 Å². The van der Waals surface area contributed by atoms with Crippen LogP contribution in [0.15, 0.2) is 63.8 Å². The highest BCUT2D eigenvalue weighted by Crippen LogP contribution is 2.41. The number of nitrogens with one attached hydrogen (secondary N) is 1. The van der Waals surface area contributed by atoms with E-state index in [9.17, 15) is 4.79 Å². The summed E-state index contributed by atoms with van der Waals surface area (Å²) in [6.07, 6.45) is 12.2. The lowest BCUT2D eigenvalue weighted by atomic mass is 9.79. The number of anilines is 1. The number of amidine groups is 1. The molecule has 0 saturated heterocycles. The van der Waals surface area contributed by atoms with Crippen LogP contribution in [0.5, 0.6) is 0 Å². The number of aliphatic imine (C=N–C) groups is 1. The molecule has 2 aliphatic heterocycles. The zero-order valence-electron chi connectivity index (χ0n) is 17.9. The zero-order valence-corrected chi connectivity index (χ0v) is 17.9. The summed E-state index contributed by atoms with van der Waals surface area (Å²) >= 11 is 0. The van der Waals surface area contributed by atoms with E-state index in [2.05, 4.69) is 26.5 Å². The van der Waals surface area contributed by atoms with Crippen LogP contribution in [-0.4, -0.2) is 51.1 Å². The standard InChI is InChI=1S/C24H25N5O3/c1-15-7-8-17(22-27-24(32-28-22)18-11-16(12-18)5-4-10-30)13-19(15)26-23(31)20-14-25-21-6-2-3-9-29(20)21/h2-3,5-9,13,18,20,30H,4,10-12,14H2,1H3,(H,26,31). The number of aromatic nitrogens is 2. The smallest absolute Gasteiger partial charge is 0.249 e. The number of benzene rings is 1. The molecule has 1 aromatic heterocycles. The molecule has 0 radical (unpaired) electrons. The lowest BCUT2D eigenvalue weighted by Gasteiger charge is -2.25. The molecule has 2 aromatic rings. The molecule has 8 heteroatoms. The van der Waals surface area contributed by atoms with Gasteiger partial charge in [0.25, 0.3) is 0 Å². The maximum Gasteiger partial charge on any atom is 0.249 e. The maximum absolute atomic E-state index is 13.0. The second kappa shape index (κ2) is 8.55. The summed E-state index contributed by atoms with van der Waals surface area (Å²) in [4.78, 5) is 23.9. The van der Waals surface area contributed by atoms with E-state index in [1.165, 1.54) is 5.57 Å². The number of carbonyl (C=O) groups excluding carboxylic acids is 1. The van der Waals surface area contributed by atoms with Gasteiger partial charge >= 0.3 is 0 Å². The Kier molecular flexibility index (Phi) is 5.45. The number of hydrogen-bond donors (Lipinski definition) is 2. The van der Waals surface area contributed by atoms with Gasteiger partial charge in [-0.25, -0.2) is 0 Å². The number of amides is 1. The van der Waals surface area contributed by atoms with Crippen molar-refractivity contribution >= 4 is 17.4 Å². The number of nitrogens with zero attached hydrogens (tertiary/aromatic N) is 4. The minimum Gasteiger partial charge on any atom is -0.396 e. The fraction of sp³-hybridized carbons (Fsp3) is 0.333. The highest BCUT2D eigenvalue weighted by molar-refractivity contribution is 6.04. The lowest BCUT2D eigenvalue weighted by molar-refractivity contribution is -0.118. The largest absolute Gasteiger partial charge is 0.396 e. The average molecular weight is 431 g/mol. The molecule has 164 valence electrons. The maximum atomic E-state index is 13.0. The number of rotatable bonds is 6. The van der Waals surface area contributed by atoms with Crippen molar-refractivity contribution in [3.63, 3.8) is 0 Å². The number of aliphatic hydroxyl groups excluding tert-OH is 1. The second-order valence-electron chi connectivity index (χ2n) is 8.28. The normalized spacial score (nSPS) is 21.2. The van der Waals surface area contributed by atoms with E-state index in [-0.39, 0.29) is 24.5 Å². The Bertz CT molecular complexity index is 1150. The molecule has 3 aliphatic rings. The Balaban J connectivity index is 1.28. The fourth-order valence-electron chi connectivity index (χ4n) is 4.13. The summed E-state index contributed by atoms with van der Waals surface area (Å²) < 4.78 is 5.51. The van der Waals surface area contributed by atoms with Gasteiger partial charge in [-0.15, -0.1) is 0 Å². The number of aliphatic hydroxyl groups is 1. The van der Waals surface area contributed by atoms with Gasteiger partial charge in [0.2, 0.25) is 17.6 Å². The molecule has 1 unspecified atom stereocenters. The molecule has 1 aliphatic carbocycles. The van der Waals surface area contributed by atoms with Crippen LogP contribution in [0.4, 0.5) is 5.69 Å². The molecule has 1 amide bonds. The van der Waals surface area contributed by atoms with Crippen LogP contribution in [0, 0.1) is 6.92 Å². The molecule has 1 saturated carbocycles. The Hall–Kier alpha value is -3.52. The van der Waals surface area contributed by atoms with Crippen molar-refractivity contribution in [2.24, 2.45) is 4.99 Å². The van der Waals surface area contributed by atoms with Crippen molar-refractivity contribution in [3.8, 4) is 11.4 Å². The van der Waals surface area contributed by atoms with Crippen molar-refractivity contribution in [3.05, 3.63) is 65.7 Å². The van der Waals surface area contributed by atoms with Crippen LogP contribution in [-0.2, 0) is 4.79 Å². The number of aryl methyl sites for hydroxylation is 1. The summed E-state index contributed by atoms with van der Waals surface area (Å²) in [7, 11) is 0. The predicted octanol–water partition coefficient (Wildman–Crippen LogP) is 3.34. The third kappa shape index (κ3) is 3.89. The van der Waals surface area contributed by atoms with Gasteiger partial charge in [-0.2, -0.15) is 4.98 Å². The molecule has 2 N–H and O–H groups in total. The van der Waals surface area contributed by atoms with E-state index in [0.717, 1.165) is 35.5 Å². The highest BCUT2D eigenvalue weighted by atomic mass is 16.5. The van der Waals surface area contributed by atoms with Gasteiger partial charge in [0.15, 0.2) is 0 Å². The molecule has 8 nitrogen and oxygen atoms in total. The van der Waals surface area contributed by atoms with Gasteiger partial charge < -0.3 is 19.8 Å². The van der Waals surface area contributed by atoms with Crippen LogP contribution in [0.1, 0.15) is 36.6 Å². The van der Waals surface area contributed by atoms with Gasteiger partial charge in [0, 0.05) is 30.0 Å². The first-order valence-electron chi connectivity index (χ1n) is 10.8. The SMILES string of the molecule is Cc1ccc(-c2noc(C3CC(=CCCO)C3)n2)cc1NC(=O)C1CN=C2C=CC=CN21. The molecule has 3 heterocycles. The summed E-state index contributed by atoms with van der Waals surface area (Å²) in [5, 5.41) is 16.1. The third-order valence-corrected chi connectivity index (χ3v) is 6.06. The van der Waals surface area contributed by atoms with Crippen LogP contribution in [0.2, 0.25) is 0 Å².